The lowest BCUT2D eigenvalue weighted by atomic mass is 10.1. The quantitative estimate of drug-likeness (QED) is 0.661. The van der Waals surface area contributed by atoms with Gasteiger partial charge in [0.15, 0.2) is 0 Å². The second-order valence-corrected chi connectivity index (χ2v) is 4.24. The van der Waals surface area contributed by atoms with Crippen LogP contribution in [0.2, 0.25) is 0 Å². The Morgan fingerprint density at radius 2 is 1.58 bits per heavy atom. The van der Waals surface area contributed by atoms with Crippen molar-refractivity contribution in [3.8, 4) is 0 Å². The number of hydrogen-bond acceptors (Lipinski definition) is 2. The van der Waals surface area contributed by atoms with Crippen molar-refractivity contribution in [2.75, 3.05) is 5.73 Å². The smallest absolute Gasteiger partial charge is 0.0479 e. The Labute approximate surface area is 113 Å². The monoisotopic (exact) mass is 250 g/mol. The van der Waals surface area contributed by atoms with Crippen molar-refractivity contribution in [2.24, 2.45) is 0 Å². The zero-order chi connectivity index (χ0) is 13.5. The summed E-state index contributed by atoms with van der Waals surface area (Å²) < 4.78 is 0. The fourth-order valence-electron chi connectivity index (χ4n) is 1.92. The van der Waals surface area contributed by atoms with Crippen LogP contribution in [0.5, 0.6) is 0 Å². The highest BCUT2D eigenvalue weighted by Gasteiger charge is 1.97. The highest BCUT2D eigenvalue weighted by molar-refractivity contribution is 5.84. The Bertz CT molecular complexity index is 628. The molecule has 2 N–H and O–H groups in total. The summed E-state index contributed by atoms with van der Waals surface area (Å²) in [6.07, 6.45) is 2.88. The molecule has 0 bridgehead atoms. The van der Waals surface area contributed by atoms with E-state index < -0.39 is 0 Å². The average molecular weight is 250 g/mol. The average Bonchev–Trinajstić information content (AvgIpc) is 2.48. The number of para-hydroxylation sites is 1. The summed E-state index contributed by atoms with van der Waals surface area (Å²) in [7, 11) is 0. The van der Waals surface area contributed by atoms with E-state index in [1.165, 1.54) is 16.5 Å². The number of nitrogen functional groups attached to an aromatic ring is 1. The fraction of sp³-hybridized carbons (Fsp3) is 0.118. The number of hydrogen-bond donors (Lipinski definition) is 1. The minimum atomic E-state index is 0.822. The van der Waals surface area contributed by atoms with Crippen LogP contribution in [0.1, 0.15) is 12.6 Å². The Balaban J connectivity index is 0.000000163. The Morgan fingerprint density at radius 1 is 0.895 bits per heavy atom. The van der Waals surface area contributed by atoms with Crippen molar-refractivity contribution in [2.45, 2.75) is 13.3 Å². The molecule has 96 valence electrons. The van der Waals surface area contributed by atoms with E-state index in [9.17, 15) is 0 Å². The molecule has 0 aliphatic heterocycles. The topological polar surface area (TPSA) is 38.9 Å². The van der Waals surface area contributed by atoms with Gasteiger partial charge in [-0.2, -0.15) is 0 Å². The molecular formula is C17H18N2. The maximum Gasteiger partial charge on any atom is 0.0479 e. The molecule has 0 atom stereocenters. The molecule has 0 saturated heterocycles. The molecule has 2 heteroatoms. The van der Waals surface area contributed by atoms with Gasteiger partial charge in [-0.25, -0.2) is 0 Å². The molecule has 2 nitrogen and oxygen atoms in total. The van der Waals surface area contributed by atoms with Crippen LogP contribution in [0.15, 0.2) is 66.9 Å². The number of pyridine rings is 1. The van der Waals surface area contributed by atoms with E-state index in [1.807, 2.05) is 36.5 Å². The number of nitrogens with two attached hydrogens (primary N) is 1. The van der Waals surface area contributed by atoms with Crippen LogP contribution in [-0.4, -0.2) is 4.98 Å². The van der Waals surface area contributed by atoms with Gasteiger partial charge in [0.2, 0.25) is 0 Å². The predicted octanol–water partition coefficient (Wildman–Crippen LogP) is 4.07. The lowest BCUT2D eigenvalue weighted by Crippen LogP contribution is -1.87. The zero-order valence-electron chi connectivity index (χ0n) is 11.1. The van der Waals surface area contributed by atoms with Crippen molar-refractivity contribution in [3.63, 3.8) is 0 Å². The van der Waals surface area contributed by atoms with Crippen LogP contribution < -0.4 is 5.73 Å². The first-order chi connectivity index (χ1) is 9.31. The third-order valence-corrected chi connectivity index (χ3v) is 2.89. The van der Waals surface area contributed by atoms with Crippen molar-refractivity contribution in [1.82, 2.24) is 4.98 Å². The third kappa shape index (κ3) is 3.55. The summed E-state index contributed by atoms with van der Waals surface area (Å²) in [6, 6.07) is 19.9. The Morgan fingerprint density at radius 3 is 2.21 bits per heavy atom. The van der Waals surface area contributed by atoms with Crippen molar-refractivity contribution < 1.29 is 0 Å². The van der Waals surface area contributed by atoms with Crippen LogP contribution in [0.4, 0.5) is 5.69 Å². The molecule has 0 amide bonds. The van der Waals surface area contributed by atoms with Gasteiger partial charge in [-0.1, -0.05) is 49.4 Å². The summed E-state index contributed by atoms with van der Waals surface area (Å²) in [5, 5.41) is 2.56. The number of anilines is 1. The molecule has 0 saturated carbocycles. The molecule has 0 radical (unpaired) electrons. The minimum absolute atomic E-state index is 0.822. The molecule has 3 aromatic rings. The summed E-state index contributed by atoms with van der Waals surface area (Å²) in [5.74, 6) is 0. The summed E-state index contributed by atoms with van der Waals surface area (Å²) in [6.45, 7) is 2.13. The van der Waals surface area contributed by atoms with E-state index in [0.29, 0.717) is 0 Å². The van der Waals surface area contributed by atoms with Gasteiger partial charge in [-0.3, -0.25) is 4.98 Å². The molecule has 0 unspecified atom stereocenters. The van der Waals surface area contributed by atoms with E-state index in [0.717, 1.165) is 12.1 Å². The maximum atomic E-state index is 5.36. The molecule has 1 heterocycles. The number of rotatable bonds is 1. The van der Waals surface area contributed by atoms with Gasteiger partial charge >= 0.3 is 0 Å². The molecule has 0 aliphatic carbocycles. The summed E-state index contributed by atoms with van der Waals surface area (Å²) in [5.41, 5.74) is 7.37. The van der Waals surface area contributed by atoms with Crippen LogP contribution >= 0.6 is 0 Å². The van der Waals surface area contributed by atoms with Crippen LogP contribution in [0.25, 0.3) is 10.8 Å². The number of benzene rings is 2. The molecule has 0 fully saturated rings. The summed E-state index contributed by atoms with van der Waals surface area (Å²) in [4.78, 5) is 4.33. The van der Waals surface area contributed by atoms with Gasteiger partial charge < -0.3 is 5.73 Å². The first-order valence-corrected chi connectivity index (χ1v) is 6.44. The summed E-state index contributed by atoms with van der Waals surface area (Å²) >= 11 is 0. The molecule has 2 aromatic carbocycles. The van der Waals surface area contributed by atoms with Crippen LogP contribution in [0, 0.1) is 0 Å². The second kappa shape index (κ2) is 6.55. The molecular weight excluding hydrogens is 232 g/mol. The number of aromatic nitrogens is 1. The first-order valence-electron chi connectivity index (χ1n) is 6.44. The Hall–Kier alpha value is -2.35. The molecule has 3 rings (SSSR count). The highest BCUT2D eigenvalue weighted by Crippen LogP contribution is 2.15. The number of fused-ring (bicyclic) bond motifs is 1. The van der Waals surface area contributed by atoms with E-state index in [4.69, 9.17) is 5.73 Å². The van der Waals surface area contributed by atoms with E-state index in [-0.39, 0.29) is 0 Å². The van der Waals surface area contributed by atoms with Crippen molar-refractivity contribution in [1.29, 1.82) is 0 Å². The van der Waals surface area contributed by atoms with Crippen LogP contribution in [0.3, 0.4) is 0 Å². The van der Waals surface area contributed by atoms with Gasteiger partial charge in [-0.15, -0.1) is 0 Å². The molecule has 19 heavy (non-hydrogen) atoms. The van der Waals surface area contributed by atoms with Gasteiger partial charge in [0.1, 0.15) is 0 Å². The SMILES string of the molecule is CCc1nccc2ccccc12.Nc1ccccc1. The van der Waals surface area contributed by atoms with Gasteiger partial charge in [0.25, 0.3) is 0 Å². The minimum Gasteiger partial charge on any atom is -0.399 e. The largest absolute Gasteiger partial charge is 0.399 e. The molecule has 1 aromatic heterocycles. The standard InChI is InChI=1S/C11H11N.C6H7N/c1-2-11-10-6-4-3-5-9(10)7-8-12-11;7-6-4-2-1-3-5-6/h3-8H,2H2,1H3;1-5H,7H2. The second-order valence-electron chi connectivity index (χ2n) is 4.24. The third-order valence-electron chi connectivity index (χ3n) is 2.89. The molecule has 0 aliphatic rings. The van der Waals surface area contributed by atoms with Crippen molar-refractivity contribution >= 4 is 16.5 Å². The molecule has 0 spiro atoms. The maximum absolute atomic E-state index is 5.36. The lowest BCUT2D eigenvalue weighted by molar-refractivity contribution is 1.06. The Kier molecular flexibility index (Phi) is 4.51. The highest BCUT2D eigenvalue weighted by atomic mass is 14.7. The van der Waals surface area contributed by atoms with Gasteiger partial charge in [0, 0.05) is 23.0 Å². The fourth-order valence-corrected chi connectivity index (χ4v) is 1.92. The lowest BCUT2D eigenvalue weighted by Gasteiger charge is -2.01. The van der Waals surface area contributed by atoms with Crippen LogP contribution in [-0.2, 0) is 6.42 Å². The van der Waals surface area contributed by atoms with E-state index in [2.05, 4.69) is 42.2 Å². The van der Waals surface area contributed by atoms with Gasteiger partial charge in [0.05, 0.1) is 0 Å². The van der Waals surface area contributed by atoms with E-state index >= 15 is 0 Å². The number of aryl methyl sites for hydroxylation is 1. The predicted molar refractivity (Wildman–Crippen MR) is 82.0 cm³/mol. The number of nitrogens with zero attached hydrogens (tertiary/aromatic N) is 1. The first kappa shape index (κ1) is 13.1. The van der Waals surface area contributed by atoms with E-state index in [1.54, 1.807) is 0 Å². The zero-order valence-corrected chi connectivity index (χ0v) is 11.1. The van der Waals surface area contributed by atoms with Gasteiger partial charge in [-0.05, 0) is 30.0 Å². The normalized spacial score (nSPS) is 9.74. The van der Waals surface area contributed by atoms with Crippen molar-refractivity contribution in [3.05, 3.63) is 72.6 Å².